The second-order valence-electron chi connectivity index (χ2n) is 6.34. The van der Waals surface area contributed by atoms with Gasteiger partial charge in [0.15, 0.2) is 4.34 Å². The Hall–Kier alpha value is -3.24. The Labute approximate surface area is 181 Å². The molecule has 0 bridgehead atoms. The highest BCUT2D eigenvalue weighted by Gasteiger charge is 2.18. The third kappa shape index (κ3) is 5.02. The normalized spacial score (nSPS) is 11.8. The molecule has 4 aromatic rings. The first-order chi connectivity index (χ1) is 14.6. The first-order valence-electron chi connectivity index (χ1n) is 9.11. The number of hydrogen-bond donors (Lipinski definition) is 2. The summed E-state index contributed by atoms with van der Waals surface area (Å²) >= 11 is 2.93. The molecule has 0 aliphatic carbocycles. The molecule has 152 valence electrons. The Morgan fingerprint density at radius 2 is 1.90 bits per heavy atom. The monoisotopic (exact) mass is 438 g/mol. The van der Waals surface area contributed by atoms with Crippen molar-refractivity contribution in [2.75, 3.05) is 10.6 Å². The van der Waals surface area contributed by atoms with Gasteiger partial charge in [-0.3, -0.25) is 4.79 Å². The van der Waals surface area contributed by atoms with E-state index >= 15 is 0 Å². The van der Waals surface area contributed by atoms with Crippen molar-refractivity contribution in [1.82, 2.24) is 20.3 Å². The van der Waals surface area contributed by atoms with Gasteiger partial charge in [0.25, 0.3) is 0 Å². The van der Waals surface area contributed by atoms with Crippen LogP contribution in [0.1, 0.15) is 25.0 Å². The van der Waals surface area contributed by atoms with E-state index in [-0.39, 0.29) is 11.2 Å². The van der Waals surface area contributed by atoms with Crippen molar-refractivity contribution < 1.29 is 9.32 Å². The maximum Gasteiger partial charge on any atom is 0.240 e. The number of hydrogen-bond acceptors (Lipinski definition) is 9. The summed E-state index contributed by atoms with van der Waals surface area (Å²) in [6.07, 6.45) is 0. The summed E-state index contributed by atoms with van der Waals surface area (Å²) in [6.45, 7) is 3.46. The van der Waals surface area contributed by atoms with Crippen molar-refractivity contribution in [2.24, 2.45) is 0 Å². The second kappa shape index (κ2) is 9.06. The quantitative estimate of drug-likeness (QED) is 0.382. The fourth-order valence-corrected chi connectivity index (χ4v) is 4.56. The van der Waals surface area contributed by atoms with Crippen molar-refractivity contribution in [2.45, 2.75) is 23.4 Å². The van der Waals surface area contributed by atoms with Crippen LogP contribution in [0.15, 0.2) is 63.5 Å². The number of anilines is 3. The Morgan fingerprint density at radius 3 is 2.70 bits per heavy atom. The van der Waals surface area contributed by atoms with Gasteiger partial charge < -0.3 is 15.2 Å². The lowest BCUT2D eigenvalue weighted by atomic mass is 10.2. The SMILES string of the molecule is CC(=O)Nc1cccc(Nc2nnc(SC(C)c3nc(-c4ccccc4)no3)s2)c1. The lowest BCUT2D eigenvalue weighted by molar-refractivity contribution is -0.114. The molecular formula is C20H18N6O2S2. The highest BCUT2D eigenvalue weighted by Crippen LogP contribution is 2.37. The molecule has 0 aliphatic rings. The summed E-state index contributed by atoms with van der Waals surface area (Å²) in [5.74, 6) is 0.982. The fourth-order valence-electron chi connectivity index (χ4n) is 2.62. The van der Waals surface area contributed by atoms with Crippen molar-refractivity contribution in [3.05, 3.63) is 60.5 Å². The number of nitrogens with zero attached hydrogens (tertiary/aromatic N) is 4. The zero-order valence-corrected chi connectivity index (χ0v) is 17.8. The van der Waals surface area contributed by atoms with Gasteiger partial charge in [0.2, 0.25) is 22.8 Å². The molecule has 0 saturated heterocycles. The lowest BCUT2D eigenvalue weighted by Gasteiger charge is -2.05. The summed E-state index contributed by atoms with van der Waals surface area (Å²) in [7, 11) is 0. The van der Waals surface area contributed by atoms with E-state index in [4.69, 9.17) is 4.52 Å². The van der Waals surface area contributed by atoms with Gasteiger partial charge in [-0.1, -0.05) is 64.7 Å². The van der Waals surface area contributed by atoms with Gasteiger partial charge >= 0.3 is 0 Å². The number of amides is 1. The van der Waals surface area contributed by atoms with Gasteiger partial charge in [-0.25, -0.2) is 0 Å². The summed E-state index contributed by atoms with van der Waals surface area (Å²) in [5.41, 5.74) is 2.44. The minimum Gasteiger partial charge on any atom is -0.338 e. The third-order valence-corrected chi connectivity index (χ3v) is 5.95. The second-order valence-corrected chi connectivity index (χ2v) is 8.91. The molecule has 0 saturated carbocycles. The molecule has 0 spiro atoms. The van der Waals surface area contributed by atoms with Crippen LogP contribution in [0.2, 0.25) is 0 Å². The van der Waals surface area contributed by atoms with Crippen molar-refractivity contribution >= 4 is 45.5 Å². The van der Waals surface area contributed by atoms with E-state index in [1.165, 1.54) is 30.0 Å². The molecule has 0 radical (unpaired) electrons. The standard InChI is InChI=1S/C20H18N6O2S2/c1-12(18-23-17(26-28-18)14-7-4-3-5-8-14)29-20-25-24-19(30-20)22-16-10-6-9-15(11-16)21-13(2)27/h3-12H,1-2H3,(H,21,27)(H,22,24). The molecule has 8 nitrogen and oxygen atoms in total. The highest BCUT2D eigenvalue weighted by atomic mass is 32.2. The Balaban J connectivity index is 1.40. The summed E-state index contributed by atoms with van der Waals surface area (Å²) in [4.78, 5) is 15.7. The molecule has 0 fully saturated rings. The van der Waals surface area contributed by atoms with Crippen molar-refractivity contribution in [1.29, 1.82) is 0 Å². The third-order valence-electron chi connectivity index (χ3n) is 3.94. The van der Waals surface area contributed by atoms with Crippen molar-refractivity contribution in [3.8, 4) is 11.4 Å². The van der Waals surface area contributed by atoms with Crippen LogP contribution < -0.4 is 10.6 Å². The Morgan fingerprint density at radius 1 is 1.10 bits per heavy atom. The van der Waals surface area contributed by atoms with Gasteiger partial charge in [-0.2, -0.15) is 4.98 Å². The number of rotatable bonds is 7. The van der Waals surface area contributed by atoms with Crippen molar-refractivity contribution in [3.63, 3.8) is 0 Å². The zero-order chi connectivity index (χ0) is 20.9. The average Bonchev–Trinajstić information content (AvgIpc) is 3.38. The van der Waals surface area contributed by atoms with E-state index < -0.39 is 0 Å². The first-order valence-corrected chi connectivity index (χ1v) is 10.8. The molecular weight excluding hydrogens is 420 g/mol. The topological polar surface area (TPSA) is 106 Å². The molecule has 1 atom stereocenters. The molecule has 2 heterocycles. The van der Waals surface area contributed by atoms with E-state index in [1.54, 1.807) is 0 Å². The smallest absolute Gasteiger partial charge is 0.240 e. The van der Waals surface area contributed by atoms with Gasteiger partial charge in [-0.15, -0.1) is 10.2 Å². The number of carbonyl (C=O) groups excluding carboxylic acids is 1. The van der Waals surface area contributed by atoms with Gasteiger partial charge in [0.1, 0.15) is 0 Å². The molecule has 1 amide bonds. The lowest BCUT2D eigenvalue weighted by Crippen LogP contribution is -2.05. The molecule has 30 heavy (non-hydrogen) atoms. The van der Waals surface area contributed by atoms with Crippen LogP contribution in [0.5, 0.6) is 0 Å². The summed E-state index contributed by atoms with van der Waals surface area (Å²) in [6, 6.07) is 17.1. The van der Waals surface area contributed by atoms with Gasteiger partial charge in [0.05, 0.1) is 5.25 Å². The maximum absolute atomic E-state index is 11.2. The minimum atomic E-state index is -0.118. The zero-order valence-electron chi connectivity index (χ0n) is 16.2. The van der Waals surface area contributed by atoms with Crippen LogP contribution >= 0.6 is 23.1 Å². The van der Waals surface area contributed by atoms with E-state index in [2.05, 4.69) is 31.0 Å². The summed E-state index contributed by atoms with van der Waals surface area (Å²) < 4.78 is 6.20. The summed E-state index contributed by atoms with van der Waals surface area (Å²) in [5, 5.41) is 19.0. The number of aromatic nitrogens is 4. The van der Waals surface area contributed by atoms with Crippen LogP contribution in [-0.2, 0) is 4.79 Å². The minimum absolute atomic E-state index is 0.0705. The largest absolute Gasteiger partial charge is 0.338 e. The average molecular weight is 439 g/mol. The first kappa shape index (κ1) is 20.0. The Bertz CT molecular complexity index is 1140. The highest BCUT2D eigenvalue weighted by molar-refractivity contribution is 8.01. The van der Waals surface area contributed by atoms with Crippen LogP contribution in [0.25, 0.3) is 11.4 Å². The van der Waals surface area contributed by atoms with E-state index in [1.807, 2.05) is 61.5 Å². The number of carbonyl (C=O) groups is 1. The number of benzene rings is 2. The maximum atomic E-state index is 11.2. The van der Waals surface area contributed by atoms with Crippen LogP contribution in [-0.4, -0.2) is 26.2 Å². The number of nitrogens with one attached hydrogen (secondary N) is 2. The van der Waals surface area contributed by atoms with Crippen LogP contribution in [0.4, 0.5) is 16.5 Å². The molecule has 2 aromatic heterocycles. The van der Waals surface area contributed by atoms with E-state index in [9.17, 15) is 4.79 Å². The van der Waals surface area contributed by atoms with Gasteiger partial charge in [-0.05, 0) is 25.1 Å². The molecule has 2 aromatic carbocycles. The predicted molar refractivity (Wildman–Crippen MR) is 118 cm³/mol. The Kier molecular flexibility index (Phi) is 6.05. The molecule has 10 heteroatoms. The molecule has 2 N–H and O–H groups in total. The molecule has 1 unspecified atom stereocenters. The molecule has 0 aliphatic heterocycles. The number of thioether (sulfide) groups is 1. The van der Waals surface area contributed by atoms with Crippen LogP contribution in [0, 0.1) is 0 Å². The van der Waals surface area contributed by atoms with Gasteiger partial charge in [0, 0.05) is 23.9 Å². The fraction of sp³-hybridized carbons (Fsp3) is 0.150. The van der Waals surface area contributed by atoms with E-state index in [0.717, 1.165) is 15.6 Å². The predicted octanol–water partition coefficient (Wildman–Crippen LogP) is 5.14. The molecule has 4 rings (SSSR count). The van der Waals surface area contributed by atoms with Crippen LogP contribution in [0.3, 0.4) is 0 Å². The van der Waals surface area contributed by atoms with E-state index in [0.29, 0.717) is 22.5 Å².